The van der Waals surface area contributed by atoms with Gasteiger partial charge >= 0.3 is 13.1 Å². The van der Waals surface area contributed by atoms with Crippen LogP contribution in [0.15, 0.2) is 65.0 Å². The molecule has 0 unspecified atom stereocenters. The second-order valence-corrected chi connectivity index (χ2v) is 3.88. The molecule has 0 amide bonds. The Balaban J connectivity index is 0.000000383. The van der Waals surface area contributed by atoms with Gasteiger partial charge in [0.05, 0.1) is 17.9 Å². The summed E-state index contributed by atoms with van der Waals surface area (Å²) in [5.41, 5.74) is 0.869. The molecular weight excluding hydrogens is 285 g/mol. The molecule has 0 N–H and O–H groups in total. The van der Waals surface area contributed by atoms with E-state index in [0.29, 0.717) is 0 Å². The molecule has 0 radical (unpaired) electrons. The fourth-order valence-electron chi connectivity index (χ4n) is 1.43. The molecule has 2 rings (SSSR count). The van der Waals surface area contributed by atoms with Gasteiger partial charge in [-0.25, -0.2) is 4.57 Å². The predicted molar refractivity (Wildman–Crippen MR) is 73.1 cm³/mol. The van der Waals surface area contributed by atoms with Gasteiger partial charge < -0.3 is 17.3 Å². The number of azo groups is 1. The summed E-state index contributed by atoms with van der Waals surface area (Å²) >= 11 is 0. The van der Waals surface area contributed by atoms with Crippen LogP contribution < -0.4 is 4.57 Å². The van der Waals surface area contributed by atoms with E-state index in [1.807, 2.05) is 59.3 Å². The van der Waals surface area contributed by atoms with Gasteiger partial charge in [0.1, 0.15) is 5.69 Å². The maximum absolute atomic E-state index is 9.75. The Hall–Kier alpha value is -2.25. The third kappa shape index (κ3) is 7.81. The van der Waals surface area contributed by atoms with Crippen LogP contribution in [0.25, 0.3) is 0 Å². The van der Waals surface area contributed by atoms with Gasteiger partial charge in [-0.15, -0.1) is 0 Å². The summed E-state index contributed by atoms with van der Waals surface area (Å²) in [7, 11) is -6.00. The Morgan fingerprint density at radius 1 is 0.905 bits per heavy atom. The lowest BCUT2D eigenvalue weighted by atomic mass is 10.3. The van der Waals surface area contributed by atoms with Gasteiger partial charge in [-0.2, -0.15) is 0 Å². The van der Waals surface area contributed by atoms with Crippen LogP contribution >= 0.6 is 0 Å². The zero-order valence-electron chi connectivity index (χ0n) is 11.3. The highest BCUT2D eigenvalue weighted by Crippen LogP contribution is 2.14. The van der Waals surface area contributed by atoms with Gasteiger partial charge in [-0.05, 0) is 30.2 Å². The molecule has 21 heavy (non-hydrogen) atoms. The van der Waals surface area contributed by atoms with Crippen molar-refractivity contribution < 1.29 is 21.8 Å². The maximum atomic E-state index is 9.75. The van der Waals surface area contributed by atoms with E-state index in [1.165, 1.54) is 0 Å². The summed E-state index contributed by atoms with van der Waals surface area (Å²) in [6.45, 7) is 2.98. The number of pyridine rings is 1. The summed E-state index contributed by atoms with van der Waals surface area (Å²) < 4.78 is 41.0. The van der Waals surface area contributed by atoms with Crippen LogP contribution in [-0.4, -0.2) is 7.25 Å². The first kappa shape index (κ1) is 16.8. The average molecular weight is 299 g/mol. The molecule has 0 atom stereocenters. The highest BCUT2D eigenvalue weighted by atomic mass is 19.5. The molecule has 0 aliphatic rings. The van der Waals surface area contributed by atoms with Crippen molar-refractivity contribution in [3.8, 4) is 0 Å². The third-order valence-electron chi connectivity index (χ3n) is 2.28. The minimum Gasteiger partial charge on any atom is -0.418 e. The Morgan fingerprint density at radius 3 is 2.05 bits per heavy atom. The van der Waals surface area contributed by atoms with Gasteiger partial charge in [-0.3, -0.25) is 0 Å². The van der Waals surface area contributed by atoms with E-state index >= 15 is 0 Å². The summed E-state index contributed by atoms with van der Waals surface area (Å²) in [6.07, 6.45) is 2.00. The van der Waals surface area contributed by atoms with Crippen LogP contribution in [0.3, 0.4) is 0 Å². The molecule has 1 aromatic carbocycles. The van der Waals surface area contributed by atoms with Crippen molar-refractivity contribution >= 4 is 18.8 Å². The van der Waals surface area contributed by atoms with Crippen LogP contribution in [0.5, 0.6) is 0 Å². The van der Waals surface area contributed by atoms with E-state index in [4.69, 9.17) is 0 Å². The number of hydrogen-bond acceptors (Lipinski definition) is 2. The van der Waals surface area contributed by atoms with Crippen molar-refractivity contribution in [1.82, 2.24) is 0 Å². The molecule has 0 bridgehead atoms. The molecule has 0 saturated heterocycles. The molecule has 0 aliphatic heterocycles. The summed E-state index contributed by atoms with van der Waals surface area (Å²) in [4.78, 5) is 0. The second kappa shape index (κ2) is 8.13. The molecule has 0 aliphatic carbocycles. The van der Waals surface area contributed by atoms with Crippen LogP contribution in [0.4, 0.5) is 28.8 Å². The first-order valence-electron chi connectivity index (χ1n) is 6.22. The third-order valence-corrected chi connectivity index (χ3v) is 2.28. The maximum Gasteiger partial charge on any atom is 0.673 e. The SMILES string of the molecule is CC[n+]1ccccc1N=Nc1ccccc1.F[B-](F)(F)F. The second-order valence-electron chi connectivity index (χ2n) is 3.88. The van der Waals surface area contributed by atoms with Crippen molar-refractivity contribution in [2.75, 3.05) is 0 Å². The Morgan fingerprint density at radius 2 is 1.48 bits per heavy atom. The van der Waals surface area contributed by atoms with Crippen molar-refractivity contribution in [2.24, 2.45) is 10.2 Å². The lowest BCUT2D eigenvalue weighted by Crippen LogP contribution is -2.31. The molecule has 0 spiro atoms. The van der Waals surface area contributed by atoms with Crippen molar-refractivity contribution in [3.63, 3.8) is 0 Å². The number of nitrogens with zero attached hydrogens (tertiary/aromatic N) is 3. The molecule has 8 heteroatoms. The lowest BCUT2D eigenvalue weighted by Gasteiger charge is -1.94. The zero-order chi connectivity index (χ0) is 15.7. The van der Waals surface area contributed by atoms with E-state index in [1.54, 1.807) is 0 Å². The minimum absolute atomic E-state index is 0.869. The van der Waals surface area contributed by atoms with E-state index in [9.17, 15) is 17.3 Å². The highest BCUT2D eigenvalue weighted by Gasteiger charge is 2.20. The van der Waals surface area contributed by atoms with Crippen LogP contribution in [0.2, 0.25) is 0 Å². The molecule has 3 nitrogen and oxygen atoms in total. The van der Waals surface area contributed by atoms with E-state index in [2.05, 4.69) is 17.2 Å². The quantitative estimate of drug-likeness (QED) is 0.340. The van der Waals surface area contributed by atoms with Gasteiger partial charge in [0, 0.05) is 6.07 Å². The summed E-state index contributed by atoms with van der Waals surface area (Å²) in [5.74, 6) is 0.869. The predicted octanol–water partition coefficient (Wildman–Crippen LogP) is 4.71. The summed E-state index contributed by atoms with van der Waals surface area (Å²) in [6, 6.07) is 15.6. The smallest absolute Gasteiger partial charge is 0.418 e. The Bertz CT molecular complexity index is 567. The molecular formula is C13H14BF4N3. The number of hydrogen-bond donors (Lipinski definition) is 0. The number of halogens is 4. The topological polar surface area (TPSA) is 28.6 Å². The lowest BCUT2D eigenvalue weighted by molar-refractivity contribution is -0.681. The number of aryl methyl sites for hydroxylation is 1. The van der Waals surface area contributed by atoms with E-state index < -0.39 is 7.25 Å². The number of rotatable bonds is 3. The van der Waals surface area contributed by atoms with Crippen molar-refractivity contribution in [3.05, 3.63) is 54.7 Å². The molecule has 2 aromatic rings. The molecule has 1 heterocycles. The average Bonchev–Trinajstić information content (AvgIpc) is 2.45. The zero-order valence-corrected chi connectivity index (χ0v) is 11.3. The van der Waals surface area contributed by atoms with Gasteiger partial charge in [-0.1, -0.05) is 24.3 Å². The van der Waals surface area contributed by atoms with Crippen molar-refractivity contribution in [2.45, 2.75) is 13.5 Å². The Kier molecular flexibility index (Phi) is 6.51. The minimum atomic E-state index is -6.00. The van der Waals surface area contributed by atoms with Gasteiger partial charge in [0.25, 0.3) is 0 Å². The first-order chi connectivity index (χ1) is 9.90. The fraction of sp³-hybridized carbons (Fsp3) is 0.154. The first-order valence-corrected chi connectivity index (χ1v) is 6.22. The summed E-state index contributed by atoms with van der Waals surface area (Å²) in [5, 5.41) is 8.42. The van der Waals surface area contributed by atoms with Gasteiger partial charge in [0.2, 0.25) is 0 Å². The number of aromatic nitrogens is 1. The monoisotopic (exact) mass is 299 g/mol. The van der Waals surface area contributed by atoms with Crippen molar-refractivity contribution in [1.29, 1.82) is 0 Å². The Labute approximate surface area is 120 Å². The molecule has 0 saturated carbocycles. The van der Waals surface area contributed by atoms with Crippen LogP contribution in [-0.2, 0) is 6.54 Å². The van der Waals surface area contributed by atoms with E-state index in [0.717, 1.165) is 18.1 Å². The van der Waals surface area contributed by atoms with Crippen LogP contribution in [0, 0.1) is 0 Å². The van der Waals surface area contributed by atoms with E-state index in [-0.39, 0.29) is 0 Å². The highest BCUT2D eigenvalue weighted by molar-refractivity contribution is 6.50. The molecule has 1 aromatic heterocycles. The largest absolute Gasteiger partial charge is 0.673 e. The molecule has 112 valence electrons. The standard InChI is InChI=1S/C13H14N3.BF4/c1-2-16-11-7-6-10-13(16)15-14-12-8-4-3-5-9-12;2-1(3,4)5/h3-11H,2H2,1H3;/q+1;-1. The number of benzene rings is 1. The molecule has 0 fully saturated rings. The fourth-order valence-corrected chi connectivity index (χ4v) is 1.43. The van der Waals surface area contributed by atoms with Gasteiger partial charge in [0.15, 0.2) is 0 Å². The normalized spacial score (nSPS) is 11.1. The van der Waals surface area contributed by atoms with Crippen LogP contribution in [0.1, 0.15) is 6.92 Å².